The Morgan fingerprint density at radius 3 is 2.42 bits per heavy atom. The molecule has 0 aliphatic carbocycles. The summed E-state index contributed by atoms with van der Waals surface area (Å²) in [6, 6.07) is 14.5. The molecule has 36 heavy (non-hydrogen) atoms. The van der Waals surface area contributed by atoms with Crippen molar-refractivity contribution in [1.29, 1.82) is 0 Å². The lowest BCUT2D eigenvalue weighted by atomic mass is 10.1. The molecule has 0 unspecified atom stereocenters. The highest BCUT2D eigenvalue weighted by atomic mass is 32.2. The number of nitrogens with zero attached hydrogens (tertiary/aromatic N) is 2. The van der Waals surface area contributed by atoms with Crippen molar-refractivity contribution < 1.29 is 22.7 Å². The lowest BCUT2D eigenvalue weighted by Crippen LogP contribution is -2.35. The Labute approximate surface area is 215 Å². The Morgan fingerprint density at radius 1 is 1.03 bits per heavy atom. The monoisotopic (exact) mass is 527 g/mol. The first kappa shape index (κ1) is 26.0. The number of carbonyl (C=O) groups is 2. The largest absolute Gasteiger partial charge is 0.456 e. The smallest absolute Gasteiger partial charge is 0.306 e. The van der Waals surface area contributed by atoms with Gasteiger partial charge in [0.25, 0.3) is 5.91 Å². The zero-order valence-electron chi connectivity index (χ0n) is 20.1. The van der Waals surface area contributed by atoms with Crippen LogP contribution in [0.5, 0.6) is 0 Å². The fourth-order valence-electron chi connectivity index (χ4n) is 3.89. The van der Waals surface area contributed by atoms with Gasteiger partial charge in [-0.25, -0.2) is 13.4 Å². The number of thiazole rings is 1. The van der Waals surface area contributed by atoms with Gasteiger partial charge in [-0.1, -0.05) is 48.4 Å². The van der Waals surface area contributed by atoms with Crippen LogP contribution < -0.4 is 5.32 Å². The number of benzene rings is 2. The van der Waals surface area contributed by atoms with Gasteiger partial charge in [-0.05, 0) is 43.9 Å². The Morgan fingerprint density at radius 2 is 1.72 bits per heavy atom. The highest BCUT2D eigenvalue weighted by Gasteiger charge is 2.25. The third kappa shape index (κ3) is 6.77. The van der Waals surface area contributed by atoms with Crippen molar-refractivity contribution in [3.05, 3.63) is 65.0 Å². The van der Waals surface area contributed by atoms with Crippen LogP contribution in [0.4, 0.5) is 5.13 Å². The summed E-state index contributed by atoms with van der Waals surface area (Å²) in [6.07, 6.45) is 3.30. The molecule has 1 aliphatic rings. The van der Waals surface area contributed by atoms with E-state index < -0.39 is 28.5 Å². The van der Waals surface area contributed by atoms with Crippen molar-refractivity contribution in [2.75, 3.05) is 25.0 Å². The van der Waals surface area contributed by atoms with Crippen molar-refractivity contribution in [2.24, 2.45) is 0 Å². The number of esters is 1. The van der Waals surface area contributed by atoms with Gasteiger partial charge in [-0.15, -0.1) is 11.3 Å². The summed E-state index contributed by atoms with van der Waals surface area (Å²) in [6.45, 7) is 2.72. The van der Waals surface area contributed by atoms with E-state index in [9.17, 15) is 18.0 Å². The normalized spacial score (nSPS) is 14.4. The van der Waals surface area contributed by atoms with Crippen molar-refractivity contribution in [1.82, 2.24) is 9.29 Å². The van der Waals surface area contributed by atoms with Crippen LogP contribution in [0.1, 0.15) is 36.8 Å². The Bertz CT molecular complexity index is 1300. The second-order valence-electron chi connectivity index (χ2n) is 8.72. The molecule has 0 spiro atoms. The fraction of sp³-hybridized carbons (Fsp3) is 0.346. The molecule has 0 bridgehead atoms. The third-order valence-corrected chi connectivity index (χ3v) is 8.63. The van der Waals surface area contributed by atoms with Crippen molar-refractivity contribution in [3.63, 3.8) is 0 Å². The van der Waals surface area contributed by atoms with Gasteiger partial charge in [0.05, 0.1) is 10.6 Å². The van der Waals surface area contributed by atoms with Crippen LogP contribution in [0, 0.1) is 6.92 Å². The summed E-state index contributed by atoms with van der Waals surface area (Å²) < 4.78 is 32.1. The van der Waals surface area contributed by atoms with Gasteiger partial charge in [0.15, 0.2) is 11.7 Å². The molecule has 1 aliphatic heterocycles. The molecular weight excluding hydrogens is 498 g/mol. The Balaban J connectivity index is 1.21. The average Bonchev–Trinajstić information content (AvgIpc) is 3.35. The molecule has 190 valence electrons. The van der Waals surface area contributed by atoms with Crippen LogP contribution in [0.15, 0.2) is 58.8 Å². The number of rotatable bonds is 9. The molecule has 1 amide bonds. The number of anilines is 1. The van der Waals surface area contributed by atoms with Crippen LogP contribution in [0.25, 0.3) is 11.3 Å². The number of hydrogen-bond acceptors (Lipinski definition) is 7. The third-order valence-electron chi connectivity index (χ3n) is 5.96. The van der Waals surface area contributed by atoms with Gasteiger partial charge in [0.1, 0.15) is 0 Å². The molecule has 4 rings (SSSR count). The molecule has 10 heteroatoms. The minimum atomic E-state index is -3.48. The van der Waals surface area contributed by atoms with E-state index in [0.717, 1.165) is 41.6 Å². The minimum Gasteiger partial charge on any atom is -0.456 e. The molecule has 8 nitrogen and oxygen atoms in total. The summed E-state index contributed by atoms with van der Waals surface area (Å²) in [5, 5.41) is 4.94. The first-order valence-corrected chi connectivity index (χ1v) is 14.2. The predicted octanol–water partition coefficient (Wildman–Crippen LogP) is 4.41. The first-order valence-electron chi connectivity index (χ1n) is 11.9. The van der Waals surface area contributed by atoms with Gasteiger partial charge in [0, 0.05) is 30.5 Å². The van der Waals surface area contributed by atoms with E-state index in [1.807, 2.05) is 36.6 Å². The topological polar surface area (TPSA) is 106 Å². The van der Waals surface area contributed by atoms with E-state index in [1.54, 1.807) is 24.3 Å². The van der Waals surface area contributed by atoms with E-state index >= 15 is 0 Å². The van der Waals surface area contributed by atoms with Gasteiger partial charge in [-0.2, -0.15) is 4.31 Å². The maximum absolute atomic E-state index is 12.7. The van der Waals surface area contributed by atoms with Gasteiger partial charge in [-0.3, -0.25) is 14.9 Å². The molecule has 1 aromatic heterocycles. The molecular formula is C26H29N3O5S2. The van der Waals surface area contributed by atoms with E-state index in [1.165, 1.54) is 15.6 Å². The highest BCUT2D eigenvalue weighted by Crippen LogP contribution is 2.25. The number of nitrogens with one attached hydrogen (secondary N) is 1. The van der Waals surface area contributed by atoms with E-state index in [4.69, 9.17) is 4.74 Å². The Kier molecular flexibility index (Phi) is 8.50. The average molecular weight is 528 g/mol. The molecule has 1 N–H and O–H groups in total. The number of carbonyl (C=O) groups excluding carboxylic acids is 2. The zero-order valence-corrected chi connectivity index (χ0v) is 21.7. The summed E-state index contributed by atoms with van der Waals surface area (Å²) in [7, 11) is -3.48. The summed E-state index contributed by atoms with van der Waals surface area (Å²) in [5.74, 6) is -0.963. The van der Waals surface area contributed by atoms with E-state index in [0.29, 0.717) is 24.6 Å². The maximum atomic E-state index is 12.7. The van der Waals surface area contributed by atoms with Crippen molar-refractivity contribution >= 4 is 38.4 Å². The summed E-state index contributed by atoms with van der Waals surface area (Å²) in [5.41, 5.74) is 3.70. The van der Waals surface area contributed by atoms with Gasteiger partial charge in [0.2, 0.25) is 10.0 Å². The van der Waals surface area contributed by atoms with Gasteiger partial charge < -0.3 is 4.74 Å². The van der Waals surface area contributed by atoms with E-state index in [-0.39, 0.29) is 11.3 Å². The van der Waals surface area contributed by atoms with Gasteiger partial charge >= 0.3 is 5.97 Å². The number of aryl methyl sites for hydroxylation is 2. The maximum Gasteiger partial charge on any atom is 0.306 e. The SMILES string of the molecule is Cc1ccc(-c2csc(NC(=O)COC(=O)CCc3ccc(S(=O)(=O)N4CCCCC4)cc3)n2)cc1. The van der Waals surface area contributed by atoms with Crippen LogP contribution in [0.2, 0.25) is 0 Å². The lowest BCUT2D eigenvalue weighted by Gasteiger charge is -2.25. The first-order chi connectivity index (χ1) is 17.3. The molecule has 2 aromatic carbocycles. The number of hydrogen-bond donors (Lipinski definition) is 1. The summed E-state index contributed by atoms with van der Waals surface area (Å²) >= 11 is 1.30. The number of ether oxygens (including phenoxy) is 1. The predicted molar refractivity (Wildman–Crippen MR) is 139 cm³/mol. The van der Waals surface area contributed by atoms with Crippen molar-refractivity contribution in [2.45, 2.75) is 43.9 Å². The number of amides is 1. The molecule has 0 atom stereocenters. The minimum absolute atomic E-state index is 0.0837. The second-order valence-corrected chi connectivity index (χ2v) is 11.5. The van der Waals surface area contributed by atoms with Crippen molar-refractivity contribution in [3.8, 4) is 11.3 Å². The number of sulfonamides is 1. The lowest BCUT2D eigenvalue weighted by molar-refractivity contribution is -0.147. The Hall–Kier alpha value is -3.08. The van der Waals surface area contributed by atoms with Crippen LogP contribution in [0.3, 0.4) is 0 Å². The number of aromatic nitrogens is 1. The second kappa shape index (κ2) is 11.8. The molecule has 2 heterocycles. The zero-order chi connectivity index (χ0) is 25.5. The summed E-state index contributed by atoms with van der Waals surface area (Å²) in [4.78, 5) is 28.9. The standard InChI is InChI=1S/C26H29N3O5S2/c1-19-5-10-21(11-6-19)23-18-35-26(27-23)28-24(30)17-34-25(31)14-9-20-7-12-22(13-8-20)36(32,33)29-15-3-2-4-16-29/h5-8,10-13,18H,2-4,9,14-17H2,1H3,(H,27,28,30). The van der Waals surface area contributed by atoms with Crippen LogP contribution >= 0.6 is 11.3 Å². The number of piperidine rings is 1. The highest BCUT2D eigenvalue weighted by molar-refractivity contribution is 7.89. The quantitative estimate of drug-likeness (QED) is 0.413. The van der Waals surface area contributed by atoms with E-state index in [2.05, 4.69) is 10.3 Å². The molecule has 1 saturated heterocycles. The van der Waals surface area contributed by atoms with Crippen LogP contribution in [-0.4, -0.2) is 49.3 Å². The molecule has 0 saturated carbocycles. The molecule has 0 radical (unpaired) electrons. The fourth-order valence-corrected chi connectivity index (χ4v) is 6.14. The molecule has 3 aromatic rings. The molecule has 1 fully saturated rings. The van der Waals surface area contributed by atoms with Crippen LogP contribution in [-0.2, 0) is 30.8 Å².